The molecule has 1 heterocycles. The summed E-state index contributed by atoms with van der Waals surface area (Å²) in [5.74, 6) is 0. The number of aliphatic hydroxyl groups excluding tert-OH is 1. The third kappa shape index (κ3) is 2.29. The molecule has 0 amide bonds. The van der Waals surface area contributed by atoms with E-state index in [0.29, 0.717) is 11.6 Å². The number of hydrogen-bond donors (Lipinski definition) is 2. The highest BCUT2D eigenvalue weighted by Gasteiger charge is 2.39. The molecule has 2 unspecified atom stereocenters. The van der Waals surface area contributed by atoms with E-state index in [1.165, 1.54) is 38.5 Å². The van der Waals surface area contributed by atoms with E-state index in [9.17, 15) is 5.11 Å². The fourth-order valence-electron chi connectivity index (χ4n) is 3.13. The van der Waals surface area contributed by atoms with Crippen LogP contribution in [0.5, 0.6) is 0 Å². The van der Waals surface area contributed by atoms with E-state index < -0.39 is 0 Å². The smallest absolute Gasteiger partial charge is 0.0512 e. The normalized spacial score (nSPS) is 32.6. The second-order valence-electron chi connectivity index (χ2n) is 5.29. The molecule has 0 aromatic heterocycles. The van der Waals surface area contributed by atoms with Crippen molar-refractivity contribution in [3.63, 3.8) is 0 Å². The van der Waals surface area contributed by atoms with E-state index in [1.807, 2.05) is 6.92 Å². The highest BCUT2D eigenvalue weighted by molar-refractivity contribution is 5.00. The van der Waals surface area contributed by atoms with E-state index >= 15 is 0 Å². The molecule has 2 aliphatic rings. The molecular weight excluding hydrogens is 174 g/mol. The predicted molar refractivity (Wildman–Crippen MR) is 58.3 cm³/mol. The van der Waals surface area contributed by atoms with Gasteiger partial charge in [-0.3, -0.25) is 0 Å². The lowest BCUT2D eigenvalue weighted by Crippen LogP contribution is -2.40. The minimum atomic E-state index is -0.128. The van der Waals surface area contributed by atoms with Gasteiger partial charge in [-0.25, -0.2) is 0 Å². The zero-order valence-corrected chi connectivity index (χ0v) is 9.26. The van der Waals surface area contributed by atoms with Crippen LogP contribution in [0.3, 0.4) is 0 Å². The Morgan fingerprint density at radius 1 is 1.36 bits per heavy atom. The van der Waals surface area contributed by atoms with Crippen molar-refractivity contribution in [2.45, 2.75) is 76.0 Å². The fourth-order valence-corrected chi connectivity index (χ4v) is 3.13. The van der Waals surface area contributed by atoms with Crippen LogP contribution in [0.25, 0.3) is 0 Å². The van der Waals surface area contributed by atoms with Crippen LogP contribution in [0.2, 0.25) is 0 Å². The highest BCUT2D eigenvalue weighted by atomic mass is 16.3. The van der Waals surface area contributed by atoms with Crippen LogP contribution < -0.4 is 5.32 Å². The van der Waals surface area contributed by atoms with Gasteiger partial charge < -0.3 is 10.4 Å². The van der Waals surface area contributed by atoms with Crippen molar-refractivity contribution in [2.24, 2.45) is 0 Å². The first kappa shape index (κ1) is 10.4. The van der Waals surface area contributed by atoms with E-state index in [1.54, 1.807) is 0 Å². The molecule has 0 radical (unpaired) electrons. The average Bonchev–Trinajstić information content (AvgIpc) is 2.74. The number of aliphatic hydroxyl groups is 1. The molecule has 2 heteroatoms. The summed E-state index contributed by atoms with van der Waals surface area (Å²) < 4.78 is 0. The Balaban J connectivity index is 1.76. The van der Waals surface area contributed by atoms with Crippen LogP contribution in [0, 0.1) is 0 Å². The summed E-state index contributed by atoms with van der Waals surface area (Å²) in [7, 11) is 0. The van der Waals surface area contributed by atoms with Gasteiger partial charge in [0.1, 0.15) is 0 Å². The molecule has 1 aliphatic heterocycles. The molecule has 2 atom stereocenters. The first-order chi connectivity index (χ1) is 6.70. The summed E-state index contributed by atoms with van der Waals surface area (Å²) in [6, 6.07) is 0.683. The SMILES string of the molecule is CC(O)CCC1CCC2(CCCC2)N1. The van der Waals surface area contributed by atoms with Gasteiger partial charge in [-0.05, 0) is 45.4 Å². The molecule has 1 saturated heterocycles. The molecule has 0 aromatic carbocycles. The third-order valence-corrected chi connectivity index (χ3v) is 3.98. The van der Waals surface area contributed by atoms with Gasteiger partial charge in [0.05, 0.1) is 6.10 Å². The van der Waals surface area contributed by atoms with Crippen molar-refractivity contribution in [2.75, 3.05) is 0 Å². The minimum Gasteiger partial charge on any atom is -0.393 e. The third-order valence-electron chi connectivity index (χ3n) is 3.98. The maximum absolute atomic E-state index is 9.24. The van der Waals surface area contributed by atoms with E-state index in [2.05, 4.69) is 5.32 Å². The molecule has 0 aromatic rings. The minimum absolute atomic E-state index is 0.128. The Bertz CT molecular complexity index is 185. The fraction of sp³-hybridized carbons (Fsp3) is 1.00. The van der Waals surface area contributed by atoms with Gasteiger partial charge in [0.15, 0.2) is 0 Å². The van der Waals surface area contributed by atoms with Crippen molar-refractivity contribution in [3.05, 3.63) is 0 Å². The van der Waals surface area contributed by atoms with Gasteiger partial charge in [0.2, 0.25) is 0 Å². The molecule has 2 fully saturated rings. The molecule has 82 valence electrons. The summed E-state index contributed by atoms with van der Waals surface area (Å²) >= 11 is 0. The monoisotopic (exact) mass is 197 g/mol. The zero-order chi connectivity index (χ0) is 10.0. The second kappa shape index (κ2) is 4.19. The second-order valence-corrected chi connectivity index (χ2v) is 5.29. The summed E-state index contributed by atoms with van der Waals surface area (Å²) in [6.07, 6.45) is 10.3. The summed E-state index contributed by atoms with van der Waals surface area (Å²) in [6.45, 7) is 1.89. The predicted octanol–water partition coefficient (Wildman–Crippen LogP) is 2.21. The van der Waals surface area contributed by atoms with Crippen molar-refractivity contribution in [1.82, 2.24) is 5.32 Å². The van der Waals surface area contributed by atoms with Crippen LogP contribution in [0.15, 0.2) is 0 Å². The van der Waals surface area contributed by atoms with E-state index in [-0.39, 0.29) is 6.10 Å². The molecule has 2 rings (SSSR count). The van der Waals surface area contributed by atoms with Crippen molar-refractivity contribution in [3.8, 4) is 0 Å². The van der Waals surface area contributed by atoms with Gasteiger partial charge in [-0.2, -0.15) is 0 Å². The van der Waals surface area contributed by atoms with E-state index in [0.717, 1.165) is 12.8 Å². The molecule has 1 spiro atoms. The molecule has 1 aliphatic carbocycles. The molecule has 1 saturated carbocycles. The number of nitrogens with one attached hydrogen (secondary N) is 1. The van der Waals surface area contributed by atoms with Crippen LogP contribution in [0.1, 0.15) is 58.3 Å². The van der Waals surface area contributed by atoms with Crippen molar-refractivity contribution in [1.29, 1.82) is 0 Å². The van der Waals surface area contributed by atoms with Gasteiger partial charge in [0, 0.05) is 11.6 Å². The van der Waals surface area contributed by atoms with Crippen molar-refractivity contribution < 1.29 is 5.11 Å². The van der Waals surface area contributed by atoms with Crippen LogP contribution in [0.4, 0.5) is 0 Å². The van der Waals surface area contributed by atoms with Crippen LogP contribution >= 0.6 is 0 Å². The van der Waals surface area contributed by atoms with E-state index in [4.69, 9.17) is 0 Å². The standard InChI is InChI=1S/C12H23NO/c1-10(14)4-5-11-6-9-12(13-11)7-2-3-8-12/h10-11,13-14H,2-9H2,1H3. The number of hydrogen-bond acceptors (Lipinski definition) is 2. The Morgan fingerprint density at radius 2 is 2.07 bits per heavy atom. The first-order valence-corrected chi connectivity index (χ1v) is 6.16. The quantitative estimate of drug-likeness (QED) is 0.727. The lowest BCUT2D eigenvalue weighted by atomic mass is 9.96. The van der Waals surface area contributed by atoms with Gasteiger partial charge in [-0.15, -0.1) is 0 Å². The Kier molecular flexibility index (Phi) is 3.13. The average molecular weight is 197 g/mol. The summed E-state index contributed by atoms with van der Waals surface area (Å²) in [5, 5.41) is 13.1. The van der Waals surface area contributed by atoms with Gasteiger partial charge in [-0.1, -0.05) is 12.8 Å². The Hall–Kier alpha value is -0.0800. The molecule has 0 bridgehead atoms. The largest absolute Gasteiger partial charge is 0.393 e. The van der Waals surface area contributed by atoms with Crippen LogP contribution in [-0.2, 0) is 0 Å². The topological polar surface area (TPSA) is 32.3 Å². The summed E-state index contributed by atoms with van der Waals surface area (Å²) in [5.41, 5.74) is 0.517. The van der Waals surface area contributed by atoms with Crippen LogP contribution in [-0.4, -0.2) is 22.8 Å². The lowest BCUT2D eigenvalue weighted by molar-refractivity contribution is 0.176. The first-order valence-electron chi connectivity index (χ1n) is 6.16. The maximum atomic E-state index is 9.24. The summed E-state index contributed by atoms with van der Waals surface area (Å²) in [4.78, 5) is 0. The zero-order valence-electron chi connectivity index (χ0n) is 9.26. The maximum Gasteiger partial charge on any atom is 0.0512 e. The Labute approximate surface area is 87.1 Å². The Morgan fingerprint density at radius 3 is 2.71 bits per heavy atom. The molecule has 14 heavy (non-hydrogen) atoms. The highest BCUT2D eigenvalue weighted by Crippen LogP contribution is 2.39. The van der Waals surface area contributed by atoms with Gasteiger partial charge >= 0.3 is 0 Å². The molecule has 2 nitrogen and oxygen atoms in total. The van der Waals surface area contributed by atoms with Crippen molar-refractivity contribution >= 4 is 0 Å². The number of rotatable bonds is 3. The lowest BCUT2D eigenvalue weighted by Gasteiger charge is -2.25. The van der Waals surface area contributed by atoms with Gasteiger partial charge in [0.25, 0.3) is 0 Å². The molecule has 2 N–H and O–H groups in total. The molecular formula is C12H23NO.